The molecule has 0 saturated carbocycles. The lowest BCUT2D eigenvalue weighted by Crippen LogP contribution is -2.46. The van der Waals surface area contributed by atoms with Gasteiger partial charge in [-0.2, -0.15) is 0 Å². The third-order valence-corrected chi connectivity index (χ3v) is 6.99. The summed E-state index contributed by atoms with van der Waals surface area (Å²) < 4.78 is 1.49. The zero-order valence-corrected chi connectivity index (χ0v) is 19.4. The number of quaternary nitrogens is 1. The summed E-state index contributed by atoms with van der Waals surface area (Å²) in [7, 11) is 0. The van der Waals surface area contributed by atoms with E-state index in [4.69, 9.17) is 0 Å². The van der Waals surface area contributed by atoms with E-state index in [1.165, 1.54) is 159 Å². The van der Waals surface area contributed by atoms with Gasteiger partial charge >= 0.3 is 0 Å². The Bertz CT molecular complexity index is 293. The summed E-state index contributed by atoms with van der Waals surface area (Å²) in [6.07, 6.45) is 29.4. The zero-order valence-electron chi connectivity index (χ0n) is 19.4. The number of nitrogens with zero attached hydrogens (tertiary/aromatic N) is 1. The van der Waals surface area contributed by atoms with E-state index in [2.05, 4.69) is 13.8 Å². The van der Waals surface area contributed by atoms with Crippen LogP contribution in [-0.2, 0) is 0 Å². The second kappa shape index (κ2) is 18.0. The maximum Gasteiger partial charge on any atom is 0.0788 e. The van der Waals surface area contributed by atoms with Crippen molar-refractivity contribution in [3.8, 4) is 0 Å². The van der Waals surface area contributed by atoms with Crippen LogP contribution < -0.4 is 0 Å². The molecule has 0 aromatic carbocycles. The summed E-state index contributed by atoms with van der Waals surface area (Å²) >= 11 is 0. The van der Waals surface area contributed by atoms with Gasteiger partial charge in [0, 0.05) is 12.8 Å². The number of hydrogen-bond acceptors (Lipinski definition) is 0. The average Bonchev–Trinajstić information content (AvgIpc) is 3.14. The Kier molecular flexibility index (Phi) is 16.7. The lowest BCUT2D eigenvalue weighted by atomic mass is 10.0. The molecule has 0 spiro atoms. The predicted octanol–water partition coefficient (Wildman–Crippen LogP) is 8.66. The summed E-state index contributed by atoms with van der Waals surface area (Å²) in [6.45, 7) is 10.6. The largest absolute Gasteiger partial charge is 0.324 e. The minimum Gasteiger partial charge on any atom is -0.324 e. The quantitative estimate of drug-likeness (QED) is 0.146. The maximum absolute atomic E-state index is 2.33. The molecule has 0 N–H and O–H groups in total. The second-order valence-corrected chi connectivity index (χ2v) is 9.60. The SMILES string of the molecule is CCCCCCCCCCCCCCCC[N+]1(CCCCCC)CCCC1. The Morgan fingerprint density at radius 3 is 1.07 bits per heavy atom. The number of unbranched alkanes of at least 4 members (excludes halogenated alkanes) is 16. The van der Waals surface area contributed by atoms with Crippen molar-refractivity contribution in [3.63, 3.8) is 0 Å². The fourth-order valence-electron chi connectivity index (χ4n) is 5.08. The molecular formula is C26H54N+. The first-order valence-corrected chi connectivity index (χ1v) is 13.2. The molecular weight excluding hydrogens is 326 g/mol. The molecule has 1 heterocycles. The van der Waals surface area contributed by atoms with Gasteiger partial charge in [0.1, 0.15) is 0 Å². The van der Waals surface area contributed by atoms with Crippen molar-refractivity contribution in [1.29, 1.82) is 0 Å². The van der Waals surface area contributed by atoms with Gasteiger partial charge in [-0.1, -0.05) is 104 Å². The fourth-order valence-corrected chi connectivity index (χ4v) is 5.08. The molecule has 0 radical (unpaired) electrons. The normalized spacial score (nSPS) is 16.2. The van der Waals surface area contributed by atoms with Crippen molar-refractivity contribution in [2.75, 3.05) is 26.2 Å². The number of likely N-dealkylation sites (tertiary alicyclic amines) is 1. The van der Waals surface area contributed by atoms with Gasteiger partial charge in [-0.3, -0.25) is 0 Å². The van der Waals surface area contributed by atoms with Crippen molar-refractivity contribution >= 4 is 0 Å². The predicted molar refractivity (Wildman–Crippen MR) is 123 cm³/mol. The van der Waals surface area contributed by atoms with Crippen LogP contribution >= 0.6 is 0 Å². The van der Waals surface area contributed by atoms with Gasteiger partial charge in [-0.25, -0.2) is 0 Å². The van der Waals surface area contributed by atoms with Crippen LogP contribution in [-0.4, -0.2) is 30.7 Å². The molecule has 1 saturated heterocycles. The standard InChI is InChI=1S/C26H54N/c1-3-5-7-9-10-11-12-13-14-15-16-17-18-20-24-27(25-21-22-26-27)23-19-8-6-4-2/h3-26H2,1-2H3/q+1. The highest BCUT2D eigenvalue weighted by molar-refractivity contribution is 4.57. The van der Waals surface area contributed by atoms with Crippen molar-refractivity contribution in [3.05, 3.63) is 0 Å². The summed E-state index contributed by atoms with van der Waals surface area (Å²) in [4.78, 5) is 0. The van der Waals surface area contributed by atoms with Gasteiger partial charge in [-0.05, 0) is 25.7 Å². The van der Waals surface area contributed by atoms with E-state index in [0.29, 0.717) is 0 Å². The van der Waals surface area contributed by atoms with Crippen molar-refractivity contribution in [1.82, 2.24) is 0 Å². The topological polar surface area (TPSA) is 0 Å². The van der Waals surface area contributed by atoms with Gasteiger partial charge in [0.2, 0.25) is 0 Å². The smallest absolute Gasteiger partial charge is 0.0788 e. The Morgan fingerprint density at radius 2 is 0.704 bits per heavy atom. The Hall–Kier alpha value is -0.0400. The minimum absolute atomic E-state index is 1.37. The van der Waals surface area contributed by atoms with Crippen molar-refractivity contribution in [2.45, 2.75) is 142 Å². The minimum atomic E-state index is 1.37. The van der Waals surface area contributed by atoms with Crippen LogP contribution in [0.3, 0.4) is 0 Å². The molecule has 1 nitrogen and oxygen atoms in total. The van der Waals surface area contributed by atoms with Crippen molar-refractivity contribution < 1.29 is 4.48 Å². The van der Waals surface area contributed by atoms with Crippen LogP contribution in [0.1, 0.15) is 142 Å². The van der Waals surface area contributed by atoms with Crippen LogP contribution in [0, 0.1) is 0 Å². The molecule has 1 fully saturated rings. The molecule has 0 aliphatic carbocycles. The van der Waals surface area contributed by atoms with Crippen LogP contribution in [0.4, 0.5) is 0 Å². The molecule has 27 heavy (non-hydrogen) atoms. The average molecular weight is 381 g/mol. The van der Waals surface area contributed by atoms with Crippen LogP contribution in [0.5, 0.6) is 0 Å². The van der Waals surface area contributed by atoms with Gasteiger partial charge < -0.3 is 4.48 Å². The lowest BCUT2D eigenvalue weighted by molar-refractivity contribution is -0.917. The van der Waals surface area contributed by atoms with E-state index in [-0.39, 0.29) is 0 Å². The number of hydrogen-bond donors (Lipinski definition) is 0. The van der Waals surface area contributed by atoms with E-state index in [0.717, 1.165) is 0 Å². The number of rotatable bonds is 20. The van der Waals surface area contributed by atoms with Gasteiger partial charge in [-0.15, -0.1) is 0 Å². The Morgan fingerprint density at radius 1 is 0.407 bits per heavy atom. The van der Waals surface area contributed by atoms with Gasteiger partial charge in [0.15, 0.2) is 0 Å². The molecule has 0 unspecified atom stereocenters. The molecule has 1 heteroatoms. The summed E-state index contributed by atoms with van der Waals surface area (Å²) in [5.74, 6) is 0. The van der Waals surface area contributed by atoms with Crippen LogP contribution in [0.15, 0.2) is 0 Å². The molecule has 0 aromatic heterocycles. The van der Waals surface area contributed by atoms with Crippen LogP contribution in [0.25, 0.3) is 0 Å². The van der Waals surface area contributed by atoms with Crippen LogP contribution in [0.2, 0.25) is 0 Å². The maximum atomic E-state index is 2.33. The first-order chi connectivity index (χ1) is 13.3. The fraction of sp³-hybridized carbons (Fsp3) is 1.00. The van der Waals surface area contributed by atoms with E-state index >= 15 is 0 Å². The molecule has 0 bridgehead atoms. The lowest BCUT2D eigenvalue weighted by Gasteiger charge is -2.34. The molecule has 0 atom stereocenters. The Balaban J connectivity index is 1.88. The summed E-state index contributed by atoms with van der Waals surface area (Å²) in [5.41, 5.74) is 0. The molecule has 1 rings (SSSR count). The molecule has 1 aliphatic heterocycles. The van der Waals surface area contributed by atoms with Crippen molar-refractivity contribution in [2.24, 2.45) is 0 Å². The molecule has 0 aromatic rings. The third-order valence-electron chi connectivity index (χ3n) is 6.99. The third kappa shape index (κ3) is 13.7. The highest BCUT2D eigenvalue weighted by atomic mass is 15.4. The Labute approximate surface area is 173 Å². The zero-order chi connectivity index (χ0) is 19.5. The first-order valence-electron chi connectivity index (χ1n) is 13.2. The van der Waals surface area contributed by atoms with Gasteiger partial charge in [0.05, 0.1) is 26.2 Å². The first kappa shape index (κ1) is 25.0. The molecule has 1 aliphatic rings. The second-order valence-electron chi connectivity index (χ2n) is 9.60. The summed E-state index contributed by atoms with van der Waals surface area (Å²) in [6, 6.07) is 0. The summed E-state index contributed by atoms with van der Waals surface area (Å²) in [5, 5.41) is 0. The van der Waals surface area contributed by atoms with E-state index in [1.54, 1.807) is 0 Å². The van der Waals surface area contributed by atoms with E-state index < -0.39 is 0 Å². The van der Waals surface area contributed by atoms with E-state index in [9.17, 15) is 0 Å². The van der Waals surface area contributed by atoms with E-state index in [1.807, 2.05) is 0 Å². The molecule has 162 valence electrons. The monoisotopic (exact) mass is 380 g/mol. The highest BCUT2D eigenvalue weighted by Crippen LogP contribution is 2.23. The van der Waals surface area contributed by atoms with Gasteiger partial charge in [0.25, 0.3) is 0 Å². The molecule has 0 amide bonds. The highest BCUT2D eigenvalue weighted by Gasteiger charge is 2.30.